The maximum absolute atomic E-state index is 15.0. The van der Waals surface area contributed by atoms with E-state index in [0.717, 1.165) is 32.8 Å². The molecule has 3 heterocycles. The first-order valence-corrected chi connectivity index (χ1v) is 14.7. The number of carbonyl (C=O) groups is 1. The molecule has 0 bridgehead atoms. The predicted octanol–water partition coefficient (Wildman–Crippen LogP) is 4.81. The molecule has 9 heteroatoms. The average molecular weight is 580 g/mol. The Labute approximate surface area is 206 Å². The number of hydrogen-bond acceptors (Lipinski definition) is 6. The van der Waals surface area contributed by atoms with Gasteiger partial charge in [-0.1, -0.05) is 0 Å². The fourth-order valence-corrected chi connectivity index (χ4v) is 9.17. The molecular weight excluding hydrogens is 553 g/mol. The van der Waals surface area contributed by atoms with E-state index in [1.54, 1.807) is 12.3 Å². The normalized spacial score (nSPS) is 19.5. The van der Waals surface area contributed by atoms with Crippen molar-refractivity contribution in [3.05, 3.63) is 57.1 Å². The summed E-state index contributed by atoms with van der Waals surface area (Å²) in [6.45, 7) is 8.06. The van der Waals surface area contributed by atoms with E-state index >= 15 is 4.39 Å². The molecule has 1 fully saturated rings. The zero-order valence-corrected chi connectivity index (χ0v) is 22.0. The van der Waals surface area contributed by atoms with Crippen LogP contribution in [0.2, 0.25) is 0 Å². The summed E-state index contributed by atoms with van der Waals surface area (Å²) in [5, 5.41) is 0.836. The Hall–Kier alpha value is -2.11. The second-order valence-corrected chi connectivity index (χ2v) is 13.9. The molecule has 0 radical (unpaired) electrons. The summed E-state index contributed by atoms with van der Waals surface area (Å²) >= 11 is -2.30. The van der Waals surface area contributed by atoms with Crippen molar-refractivity contribution < 1.29 is 30.7 Å². The molecule has 2 aliphatic rings. The first kappa shape index (κ1) is 23.6. The van der Waals surface area contributed by atoms with E-state index in [9.17, 15) is 4.79 Å². The van der Waals surface area contributed by atoms with Gasteiger partial charge in [-0.2, -0.15) is 0 Å². The van der Waals surface area contributed by atoms with Crippen molar-refractivity contribution in [1.29, 1.82) is 0 Å². The van der Waals surface area contributed by atoms with Gasteiger partial charge in [0.2, 0.25) is 0 Å². The number of hydrogen-bond donors (Lipinski definition) is 0. The molecule has 0 spiro atoms. The van der Waals surface area contributed by atoms with Gasteiger partial charge < -0.3 is 0 Å². The van der Waals surface area contributed by atoms with Gasteiger partial charge in [-0.25, -0.2) is 0 Å². The molecule has 1 saturated heterocycles. The van der Waals surface area contributed by atoms with Crippen LogP contribution < -0.4 is 8.53 Å². The molecule has 0 atom stereocenters. The SMILES string of the molecule is COC(=O)Cc1coc2cc(OI3CCc4c(B5OC(C)(C)C(C)(C)O5)ccc(F)c43)ccc12. The minimum absolute atomic E-state index is 0.141. The zero-order chi connectivity index (χ0) is 24.3. The van der Waals surface area contributed by atoms with Gasteiger partial charge in [0.25, 0.3) is 0 Å². The van der Waals surface area contributed by atoms with Gasteiger partial charge in [0.15, 0.2) is 0 Å². The summed E-state index contributed by atoms with van der Waals surface area (Å²) in [7, 11) is 0.834. The fourth-order valence-electron chi connectivity index (χ4n) is 4.22. The number of furan rings is 1. The molecule has 6 nitrogen and oxygen atoms in total. The third-order valence-corrected chi connectivity index (χ3v) is 11.8. The van der Waals surface area contributed by atoms with E-state index in [1.165, 1.54) is 13.2 Å². The van der Waals surface area contributed by atoms with Crippen LogP contribution in [0.15, 0.2) is 41.0 Å². The maximum atomic E-state index is 15.0. The van der Waals surface area contributed by atoms with E-state index in [4.69, 9.17) is 21.5 Å². The molecule has 1 aromatic heterocycles. The Morgan fingerprint density at radius 3 is 2.59 bits per heavy atom. The average Bonchev–Trinajstić information content (AvgIpc) is 3.43. The van der Waals surface area contributed by atoms with Crippen molar-refractivity contribution in [2.75, 3.05) is 11.5 Å². The molecule has 0 aliphatic carbocycles. The minimum atomic E-state index is -2.30. The second kappa shape index (κ2) is 8.53. The topological polar surface area (TPSA) is 67.1 Å². The van der Waals surface area contributed by atoms with Gasteiger partial charge in [-0.15, -0.1) is 0 Å². The van der Waals surface area contributed by atoms with Crippen molar-refractivity contribution in [3.63, 3.8) is 0 Å². The number of benzene rings is 2. The molecule has 2 aromatic carbocycles. The molecule has 3 aromatic rings. The van der Waals surface area contributed by atoms with Crippen LogP contribution in [0.1, 0.15) is 38.8 Å². The van der Waals surface area contributed by atoms with Gasteiger partial charge in [-0.05, 0) is 0 Å². The number of carbonyl (C=O) groups excluding carboxylic acids is 1. The van der Waals surface area contributed by atoms with Crippen LogP contribution in [0.5, 0.6) is 5.75 Å². The Bertz CT molecular complexity index is 1250. The first-order valence-electron chi connectivity index (χ1n) is 11.2. The van der Waals surface area contributed by atoms with E-state index in [0.29, 0.717) is 14.9 Å². The number of fused-ring (bicyclic) bond motifs is 2. The van der Waals surface area contributed by atoms with Crippen LogP contribution >= 0.6 is 20.2 Å². The standard InChI is InChI=1S/C25H27BFIO6/c1-24(2)25(3,4)34-26(33-24)19-8-9-20(27)23-18(19)10-11-28(23)32-16-6-7-17-15(12-22(29)30-5)14-31-21(17)13-16/h6-9,13-14H,10-12H2,1-5H3. The van der Waals surface area contributed by atoms with Crippen LogP contribution in [-0.2, 0) is 31.7 Å². The predicted molar refractivity (Wildman–Crippen MR) is 136 cm³/mol. The first-order chi connectivity index (χ1) is 16.1. The Kier molecular flexibility index (Phi) is 5.93. The fraction of sp³-hybridized carbons (Fsp3) is 0.400. The Morgan fingerprint density at radius 1 is 1.15 bits per heavy atom. The van der Waals surface area contributed by atoms with Crippen molar-refractivity contribution in [3.8, 4) is 5.75 Å². The Morgan fingerprint density at radius 2 is 1.88 bits per heavy atom. The monoisotopic (exact) mass is 580 g/mol. The summed E-state index contributed by atoms with van der Waals surface area (Å²) < 4.78 is 45.8. The zero-order valence-electron chi connectivity index (χ0n) is 19.9. The van der Waals surface area contributed by atoms with Gasteiger partial charge in [-0.3, -0.25) is 0 Å². The van der Waals surface area contributed by atoms with Gasteiger partial charge >= 0.3 is 207 Å². The molecule has 0 saturated carbocycles. The number of halogens is 2. The van der Waals surface area contributed by atoms with Crippen LogP contribution in [0.4, 0.5) is 4.39 Å². The second-order valence-electron chi connectivity index (χ2n) is 9.53. The summed E-state index contributed by atoms with van der Waals surface area (Å²) in [5.41, 5.74) is 2.32. The number of rotatable bonds is 5. The summed E-state index contributed by atoms with van der Waals surface area (Å²) in [4.78, 5) is 11.6. The van der Waals surface area contributed by atoms with Crippen molar-refractivity contribution in [2.24, 2.45) is 0 Å². The van der Waals surface area contributed by atoms with E-state index < -0.39 is 38.6 Å². The molecule has 2 aliphatic heterocycles. The van der Waals surface area contributed by atoms with Crippen molar-refractivity contribution >= 4 is 49.8 Å². The molecule has 5 rings (SSSR count). The number of esters is 1. The third kappa shape index (κ3) is 4.01. The van der Waals surface area contributed by atoms with Gasteiger partial charge in [0.1, 0.15) is 0 Å². The van der Waals surface area contributed by atoms with Gasteiger partial charge in [0.05, 0.1) is 0 Å². The summed E-state index contributed by atoms with van der Waals surface area (Å²) in [6.07, 6.45) is 2.44. The van der Waals surface area contributed by atoms with E-state index in [-0.39, 0.29) is 18.2 Å². The molecule has 0 N–H and O–H groups in total. The van der Waals surface area contributed by atoms with E-state index in [2.05, 4.69) is 0 Å². The Balaban J connectivity index is 1.41. The van der Waals surface area contributed by atoms with Crippen LogP contribution in [0.3, 0.4) is 0 Å². The molecule has 34 heavy (non-hydrogen) atoms. The number of methoxy groups -OCH3 is 1. The third-order valence-electron chi connectivity index (χ3n) is 6.84. The molecule has 0 unspecified atom stereocenters. The number of ether oxygens (including phenoxy) is 1. The number of alkyl halides is 1. The van der Waals surface area contributed by atoms with Crippen molar-refractivity contribution in [1.82, 2.24) is 0 Å². The van der Waals surface area contributed by atoms with Crippen LogP contribution in [-0.4, -0.2) is 35.8 Å². The van der Waals surface area contributed by atoms with Gasteiger partial charge in [0, 0.05) is 0 Å². The van der Waals surface area contributed by atoms with E-state index in [1.807, 2.05) is 45.9 Å². The van der Waals surface area contributed by atoms with Crippen LogP contribution in [0.25, 0.3) is 11.0 Å². The molecular formula is C25H27BFIO6. The summed E-state index contributed by atoms with van der Waals surface area (Å²) in [6, 6.07) is 8.82. The molecule has 0 amide bonds. The van der Waals surface area contributed by atoms with Crippen LogP contribution in [0, 0.1) is 9.39 Å². The van der Waals surface area contributed by atoms with Crippen molar-refractivity contribution in [2.45, 2.75) is 51.7 Å². The quantitative estimate of drug-likeness (QED) is 0.187. The molecule has 180 valence electrons. The summed E-state index contributed by atoms with van der Waals surface area (Å²) in [5.74, 6) is 0.0922.